The molecule has 1 atom stereocenters. The molecule has 1 aliphatic rings. The van der Waals surface area contributed by atoms with Gasteiger partial charge in [-0.1, -0.05) is 48.9 Å². The van der Waals surface area contributed by atoms with Gasteiger partial charge >= 0.3 is 0 Å². The summed E-state index contributed by atoms with van der Waals surface area (Å²) in [6.07, 6.45) is 7.57. The van der Waals surface area contributed by atoms with E-state index >= 15 is 0 Å². The van der Waals surface area contributed by atoms with Crippen molar-refractivity contribution in [3.8, 4) is 0 Å². The molecule has 0 aliphatic heterocycles. The summed E-state index contributed by atoms with van der Waals surface area (Å²) in [5.41, 5.74) is 3.16. The first kappa shape index (κ1) is 9.51. The molecule has 1 aliphatic carbocycles. The van der Waals surface area contributed by atoms with Gasteiger partial charge in [-0.15, -0.1) is 0 Å². The SMILES string of the molecule is CCC1=CC[C@H](c2ccccc2)CC1. The van der Waals surface area contributed by atoms with Crippen LogP contribution in [0.25, 0.3) is 0 Å². The smallest absolute Gasteiger partial charge is 0.0124 e. The molecule has 1 aromatic rings. The lowest BCUT2D eigenvalue weighted by Gasteiger charge is -2.21. The number of allylic oxidation sites excluding steroid dienone is 2. The molecule has 0 saturated carbocycles. The molecule has 14 heavy (non-hydrogen) atoms. The third kappa shape index (κ3) is 2.06. The van der Waals surface area contributed by atoms with E-state index in [1.165, 1.54) is 31.2 Å². The molecule has 0 heterocycles. The summed E-state index contributed by atoms with van der Waals surface area (Å²) in [6.45, 7) is 2.26. The van der Waals surface area contributed by atoms with Crippen molar-refractivity contribution >= 4 is 0 Å². The molecule has 0 unspecified atom stereocenters. The Kier molecular flexibility index (Phi) is 3.03. The number of rotatable bonds is 2. The van der Waals surface area contributed by atoms with Gasteiger partial charge in [-0.2, -0.15) is 0 Å². The first-order valence-electron chi connectivity index (χ1n) is 5.63. The topological polar surface area (TPSA) is 0 Å². The maximum atomic E-state index is 2.45. The highest BCUT2D eigenvalue weighted by atomic mass is 14.2. The van der Waals surface area contributed by atoms with E-state index in [4.69, 9.17) is 0 Å². The van der Waals surface area contributed by atoms with Crippen LogP contribution in [-0.4, -0.2) is 0 Å². The zero-order chi connectivity index (χ0) is 9.80. The van der Waals surface area contributed by atoms with E-state index in [0.29, 0.717) is 0 Å². The highest BCUT2D eigenvalue weighted by Crippen LogP contribution is 2.32. The van der Waals surface area contributed by atoms with Crippen LogP contribution in [0.5, 0.6) is 0 Å². The minimum Gasteiger partial charge on any atom is -0.0847 e. The van der Waals surface area contributed by atoms with Crippen molar-refractivity contribution < 1.29 is 0 Å². The molecule has 0 saturated heterocycles. The predicted molar refractivity (Wildman–Crippen MR) is 61.4 cm³/mol. The van der Waals surface area contributed by atoms with Crippen LogP contribution < -0.4 is 0 Å². The van der Waals surface area contributed by atoms with Crippen LogP contribution in [-0.2, 0) is 0 Å². The number of hydrogen-bond donors (Lipinski definition) is 0. The van der Waals surface area contributed by atoms with E-state index in [1.54, 1.807) is 5.57 Å². The van der Waals surface area contributed by atoms with E-state index in [0.717, 1.165) is 5.92 Å². The van der Waals surface area contributed by atoms with Crippen molar-refractivity contribution in [2.45, 2.75) is 38.5 Å². The molecule has 0 bridgehead atoms. The summed E-state index contributed by atoms with van der Waals surface area (Å²) in [5, 5.41) is 0. The molecule has 0 amide bonds. The van der Waals surface area contributed by atoms with Crippen LogP contribution in [0.1, 0.15) is 44.1 Å². The Hall–Kier alpha value is -1.04. The summed E-state index contributed by atoms with van der Waals surface area (Å²) in [6, 6.07) is 10.9. The van der Waals surface area contributed by atoms with Crippen molar-refractivity contribution in [1.82, 2.24) is 0 Å². The van der Waals surface area contributed by atoms with Gasteiger partial charge in [-0.25, -0.2) is 0 Å². The normalized spacial score (nSPS) is 21.8. The molecule has 0 fully saturated rings. The summed E-state index contributed by atoms with van der Waals surface area (Å²) < 4.78 is 0. The van der Waals surface area contributed by atoms with Crippen LogP contribution in [0.4, 0.5) is 0 Å². The molecule has 2 rings (SSSR count). The first-order valence-corrected chi connectivity index (χ1v) is 5.63. The molecule has 0 heteroatoms. The van der Waals surface area contributed by atoms with Crippen molar-refractivity contribution in [3.05, 3.63) is 47.5 Å². The van der Waals surface area contributed by atoms with Gasteiger partial charge in [-0.3, -0.25) is 0 Å². The Morgan fingerprint density at radius 2 is 2.00 bits per heavy atom. The first-order chi connectivity index (χ1) is 6.90. The van der Waals surface area contributed by atoms with Crippen LogP contribution in [0, 0.1) is 0 Å². The van der Waals surface area contributed by atoms with Crippen LogP contribution >= 0.6 is 0 Å². The molecule has 0 spiro atoms. The lowest BCUT2D eigenvalue weighted by Crippen LogP contribution is -2.03. The van der Waals surface area contributed by atoms with E-state index in [9.17, 15) is 0 Å². The highest BCUT2D eigenvalue weighted by molar-refractivity contribution is 5.23. The molecular weight excluding hydrogens is 168 g/mol. The van der Waals surface area contributed by atoms with E-state index in [2.05, 4.69) is 43.3 Å². The minimum atomic E-state index is 0.770. The predicted octanol–water partition coefficient (Wildman–Crippen LogP) is 4.29. The molecular formula is C14H18. The van der Waals surface area contributed by atoms with Gasteiger partial charge in [0.25, 0.3) is 0 Å². The fourth-order valence-electron chi connectivity index (χ4n) is 2.24. The van der Waals surface area contributed by atoms with Crippen LogP contribution in [0.15, 0.2) is 42.0 Å². The Labute approximate surface area is 86.7 Å². The molecule has 0 radical (unpaired) electrons. The molecule has 1 aromatic carbocycles. The number of benzene rings is 1. The third-order valence-corrected chi connectivity index (χ3v) is 3.23. The summed E-state index contributed by atoms with van der Waals surface area (Å²) >= 11 is 0. The van der Waals surface area contributed by atoms with E-state index in [1.807, 2.05) is 0 Å². The van der Waals surface area contributed by atoms with Crippen molar-refractivity contribution in [2.24, 2.45) is 0 Å². The van der Waals surface area contributed by atoms with Crippen molar-refractivity contribution in [2.75, 3.05) is 0 Å². The molecule has 0 aromatic heterocycles. The fourth-order valence-corrected chi connectivity index (χ4v) is 2.24. The summed E-state index contributed by atoms with van der Waals surface area (Å²) in [4.78, 5) is 0. The van der Waals surface area contributed by atoms with Crippen LogP contribution in [0.2, 0.25) is 0 Å². The standard InChI is InChI=1S/C14H18/c1-2-12-8-10-14(11-9-12)13-6-4-3-5-7-13/h3-8,14H,2,9-11H2,1H3/t14-/m0/s1. The van der Waals surface area contributed by atoms with Crippen molar-refractivity contribution in [3.63, 3.8) is 0 Å². The summed E-state index contributed by atoms with van der Waals surface area (Å²) in [7, 11) is 0. The second-order valence-corrected chi connectivity index (χ2v) is 4.10. The van der Waals surface area contributed by atoms with E-state index in [-0.39, 0.29) is 0 Å². The zero-order valence-corrected chi connectivity index (χ0v) is 8.87. The lowest BCUT2D eigenvalue weighted by molar-refractivity contribution is 0.590. The van der Waals surface area contributed by atoms with Gasteiger partial charge in [0.15, 0.2) is 0 Å². The lowest BCUT2D eigenvalue weighted by atomic mass is 9.84. The second-order valence-electron chi connectivity index (χ2n) is 4.10. The van der Waals surface area contributed by atoms with Gasteiger partial charge in [0, 0.05) is 0 Å². The van der Waals surface area contributed by atoms with Crippen molar-refractivity contribution in [1.29, 1.82) is 0 Å². The van der Waals surface area contributed by atoms with Gasteiger partial charge in [0.2, 0.25) is 0 Å². The molecule has 0 nitrogen and oxygen atoms in total. The monoisotopic (exact) mass is 186 g/mol. The molecule has 74 valence electrons. The number of hydrogen-bond acceptors (Lipinski definition) is 0. The quantitative estimate of drug-likeness (QED) is 0.604. The largest absolute Gasteiger partial charge is 0.0847 e. The Balaban J connectivity index is 2.06. The summed E-state index contributed by atoms with van der Waals surface area (Å²) in [5.74, 6) is 0.770. The minimum absolute atomic E-state index is 0.770. The second kappa shape index (κ2) is 4.45. The van der Waals surface area contributed by atoms with E-state index < -0.39 is 0 Å². The maximum absolute atomic E-state index is 2.45. The Morgan fingerprint density at radius 1 is 1.21 bits per heavy atom. The van der Waals surface area contributed by atoms with Gasteiger partial charge in [0.05, 0.1) is 0 Å². The average molecular weight is 186 g/mol. The van der Waals surface area contributed by atoms with Gasteiger partial charge < -0.3 is 0 Å². The highest BCUT2D eigenvalue weighted by Gasteiger charge is 2.14. The van der Waals surface area contributed by atoms with Gasteiger partial charge in [0.1, 0.15) is 0 Å². The maximum Gasteiger partial charge on any atom is -0.0124 e. The third-order valence-electron chi connectivity index (χ3n) is 3.23. The Morgan fingerprint density at radius 3 is 2.57 bits per heavy atom. The van der Waals surface area contributed by atoms with Crippen LogP contribution in [0.3, 0.4) is 0 Å². The Bertz CT molecular complexity index is 308. The van der Waals surface area contributed by atoms with Gasteiger partial charge in [-0.05, 0) is 37.2 Å². The average Bonchev–Trinajstić information content (AvgIpc) is 2.30. The molecule has 0 N–H and O–H groups in total. The fraction of sp³-hybridized carbons (Fsp3) is 0.429. The zero-order valence-electron chi connectivity index (χ0n) is 8.87.